The molecule has 1 aromatic carbocycles. The lowest BCUT2D eigenvalue weighted by molar-refractivity contribution is 0.247. The quantitative estimate of drug-likeness (QED) is 0.928. The van der Waals surface area contributed by atoms with Crippen LogP contribution in [-0.4, -0.2) is 24.7 Å². The topological polar surface area (TPSA) is 39.1 Å². The van der Waals surface area contributed by atoms with Gasteiger partial charge >= 0.3 is 0 Å². The molecule has 0 radical (unpaired) electrons. The smallest absolute Gasteiger partial charge is 0.124 e. The van der Waals surface area contributed by atoms with E-state index in [1.165, 1.54) is 31.4 Å². The molecule has 2 fully saturated rings. The van der Waals surface area contributed by atoms with Crippen LogP contribution in [0, 0.1) is 17.1 Å². The summed E-state index contributed by atoms with van der Waals surface area (Å²) in [7, 11) is 0. The summed E-state index contributed by atoms with van der Waals surface area (Å²) in [5.74, 6) is -0.331. The van der Waals surface area contributed by atoms with Crippen LogP contribution in [-0.2, 0) is 0 Å². The van der Waals surface area contributed by atoms with E-state index in [9.17, 15) is 9.65 Å². The average molecular weight is 287 g/mol. The number of fused-ring (bicyclic) bond motifs is 2. The Balaban J connectivity index is 1.91. The van der Waals surface area contributed by atoms with E-state index in [-0.39, 0.29) is 5.82 Å². The summed E-state index contributed by atoms with van der Waals surface area (Å²) < 4.78 is 13.4. The molecule has 112 valence electrons. The molecule has 3 nitrogen and oxygen atoms in total. The minimum absolute atomic E-state index is 0.331. The van der Waals surface area contributed by atoms with Gasteiger partial charge in [0.25, 0.3) is 0 Å². The molecular formula is C17H22FN3. The van der Waals surface area contributed by atoms with Gasteiger partial charge in [-0.05, 0) is 56.8 Å². The van der Waals surface area contributed by atoms with E-state index < -0.39 is 0 Å². The number of hydrogen-bond donors (Lipinski definition) is 1. The Morgan fingerprint density at radius 3 is 2.67 bits per heavy atom. The Morgan fingerprint density at radius 2 is 2.05 bits per heavy atom. The van der Waals surface area contributed by atoms with Gasteiger partial charge in [-0.3, -0.25) is 0 Å². The Kier molecular flexibility index (Phi) is 4.12. The summed E-state index contributed by atoms with van der Waals surface area (Å²) in [6.45, 7) is 3.15. The molecule has 2 unspecified atom stereocenters. The van der Waals surface area contributed by atoms with Gasteiger partial charge in [-0.1, -0.05) is 6.92 Å². The van der Waals surface area contributed by atoms with Gasteiger partial charge in [0.2, 0.25) is 0 Å². The lowest BCUT2D eigenvalue weighted by atomic mass is 9.81. The van der Waals surface area contributed by atoms with Crippen molar-refractivity contribution in [3.8, 4) is 6.07 Å². The Bertz CT molecular complexity index is 537. The van der Waals surface area contributed by atoms with E-state index in [0.29, 0.717) is 23.7 Å². The van der Waals surface area contributed by atoms with Gasteiger partial charge in [0.05, 0.1) is 11.3 Å². The predicted molar refractivity (Wildman–Crippen MR) is 81.7 cm³/mol. The zero-order valence-corrected chi connectivity index (χ0v) is 12.5. The largest absolute Gasteiger partial charge is 0.364 e. The number of rotatable bonds is 3. The first-order chi connectivity index (χ1) is 10.2. The fourth-order valence-electron chi connectivity index (χ4n) is 4.05. The number of hydrogen-bond acceptors (Lipinski definition) is 3. The van der Waals surface area contributed by atoms with Crippen LogP contribution in [0.25, 0.3) is 0 Å². The van der Waals surface area contributed by atoms with Crippen molar-refractivity contribution in [2.75, 3.05) is 11.4 Å². The van der Waals surface area contributed by atoms with Gasteiger partial charge in [0.15, 0.2) is 0 Å². The monoisotopic (exact) mass is 287 g/mol. The van der Waals surface area contributed by atoms with Crippen molar-refractivity contribution < 1.29 is 4.39 Å². The van der Waals surface area contributed by atoms with Crippen molar-refractivity contribution in [2.24, 2.45) is 0 Å². The molecule has 2 aliphatic heterocycles. The van der Waals surface area contributed by atoms with Crippen LogP contribution in [0.3, 0.4) is 0 Å². The number of benzene rings is 1. The highest BCUT2D eigenvalue weighted by atomic mass is 19.1. The minimum Gasteiger partial charge on any atom is -0.364 e. The minimum atomic E-state index is -0.331. The fraction of sp³-hybridized carbons (Fsp3) is 0.588. The van der Waals surface area contributed by atoms with Gasteiger partial charge in [-0.15, -0.1) is 0 Å². The zero-order valence-electron chi connectivity index (χ0n) is 12.5. The van der Waals surface area contributed by atoms with Gasteiger partial charge < -0.3 is 10.2 Å². The van der Waals surface area contributed by atoms with Crippen LogP contribution in [0.15, 0.2) is 18.2 Å². The van der Waals surface area contributed by atoms with Crippen LogP contribution in [0.2, 0.25) is 0 Å². The highest BCUT2D eigenvalue weighted by Gasteiger charge is 2.38. The standard InChI is InChI=1S/C17H22FN3/c1-2-20-14-9-15-4-3-5-16(10-14)21(15)17-7-6-13(18)8-12(17)11-19/h6-8,14-16,20H,2-5,9-10H2,1H3. The third-order valence-electron chi connectivity index (χ3n) is 4.82. The lowest BCUT2D eigenvalue weighted by Crippen LogP contribution is -2.56. The Hall–Kier alpha value is -1.60. The first-order valence-electron chi connectivity index (χ1n) is 7.94. The molecule has 2 atom stereocenters. The molecule has 1 N–H and O–H groups in total. The molecule has 21 heavy (non-hydrogen) atoms. The number of piperidine rings is 2. The Labute approximate surface area is 125 Å². The number of nitriles is 1. The van der Waals surface area contributed by atoms with Crippen molar-refractivity contribution in [3.05, 3.63) is 29.6 Å². The average Bonchev–Trinajstić information content (AvgIpc) is 2.47. The number of halogens is 1. The second kappa shape index (κ2) is 6.03. The first kappa shape index (κ1) is 14.3. The van der Waals surface area contributed by atoms with E-state index in [2.05, 4.69) is 23.2 Å². The van der Waals surface area contributed by atoms with Crippen molar-refractivity contribution in [3.63, 3.8) is 0 Å². The summed E-state index contributed by atoms with van der Waals surface area (Å²) in [4.78, 5) is 2.40. The molecule has 0 aliphatic carbocycles. The molecule has 2 bridgehead atoms. The van der Waals surface area contributed by atoms with Crippen LogP contribution >= 0.6 is 0 Å². The summed E-state index contributed by atoms with van der Waals surface area (Å²) in [6.07, 6.45) is 5.83. The zero-order chi connectivity index (χ0) is 14.8. The van der Waals surface area contributed by atoms with E-state index in [0.717, 1.165) is 25.1 Å². The Morgan fingerprint density at radius 1 is 1.33 bits per heavy atom. The van der Waals surface area contributed by atoms with Gasteiger partial charge in [0, 0.05) is 18.1 Å². The molecule has 0 saturated carbocycles. The SMILES string of the molecule is CCNC1CC2CCCC(C1)N2c1ccc(F)cc1C#N. The van der Waals surface area contributed by atoms with Crippen molar-refractivity contribution in [2.45, 2.75) is 57.2 Å². The van der Waals surface area contributed by atoms with Crippen LogP contribution < -0.4 is 10.2 Å². The fourth-order valence-corrected chi connectivity index (χ4v) is 4.05. The van der Waals surface area contributed by atoms with Crippen LogP contribution in [0.5, 0.6) is 0 Å². The number of nitrogens with zero attached hydrogens (tertiary/aromatic N) is 2. The predicted octanol–water partition coefficient (Wildman–Crippen LogP) is 3.20. The summed E-state index contributed by atoms with van der Waals surface area (Å²) in [5.41, 5.74) is 1.39. The summed E-state index contributed by atoms with van der Waals surface area (Å²) >= 11 is 0. The highest BCUT2D eigenvalue weighted by Crippen LogP contribution is 2.39. The molecule has 2 aliphatic rings. The molecular weight excluding hydrogens is 265 g/mol. The maximum absolute atomic E-state index is 13.4. The third kappa shape index (κ3) is 2.75. The molecule has 2 saturated heterocycles. The first-order valence-corrected chi connectivity index (χ1v) is 7.94. The highest BCUT2D eigenvalue weighted by molar-refractivity contribution is 5.61. The number of anilines is 1. The maximum atomic E-state index is 13.4. The molecule has 3 rings (SSSR count). The van der Waals surface area contributed by atoms with Gasteiger partial charge in [-0.25, -0.2) is 4.39 Å². The van der Waals surface area contributed by atoms with Crippen molar-refractivity contribution in [1.29, 1.82) is 5.26 Å². The van der Waals surface area contributed by atoms with E-state index >= 15 is 0 Å². The molecule has 1 aromatic rings. The summed E-state index contributed by atoms with van der Waals surface area (Å²) in [5, 5.41) is 12.9. The lowest BCUT2D eigenvalue weighted by Gasteiger charge is -2.50. The van der Waals surface area contributed by atoms with Gasteiger partial charge in [-0.2, -0.15) is 5.26 Å². The van der Waals surface area contributed by atoms with Crippen LogP contribution in [0.4, 0.5) is 10.1 Å². The van der Waals surface area contributed by atoms with E-state index in [1.54, 1.807) is 6.07 Å². The second-order valence-electron chi connectivity index (χ2n) is 6.15. The number of nitrogens with one attached hydrogen (secondary N) is 1. The molecule has 4 heteroatoms. The van der Waals surface area contributed by atoms with Gasteiger partial charge in [0.1, 0.15) is 11.9 Å². The normalized spacial score (nSPS) is 28.2. The van der Waals surface area contributed by atoms with Crippen molar-refractivity contribution in [1.82, 2.24) is 5.32 Å². The van der Waals surface area contributed by atoms with Crippen LogP contribution in [0.1, 0.15) is 44.6 Å². The molecule has 0 spiro atoms. The van der Waals surface area contributed by atoms with E-state index in [1.807, 2.05) is 0 Å². The molecule has 0 amide bonds. The second-order valence-corrected chi connectivity index (χ2v) is 6.15. The molecule has 0 aromatic heterocycles. The third-order valence-corrected chi connectivity index (χ3v) is 4.82. The molecule has 2 heterocycles. The summed E-state index contributed by atoms with van der Waals surface area (Å²) in [6, 6.07) is 8.30. The van der Waals surface area contributed by atoms with Crippen molar-refractivity contribution >= 4 is 5.69 Å². The maximum Gasteiger partial charge on any atom is 0.124 e. The van der Waals surface area contributed by atoms with E-state index in [4.69, 9.17) is 0 Å².